The summed E-state index contributed by atoms with van der Waals surface area (Å²) in [5.74, 6) is 0. The second-order valence-corrected chi connectivity index (χ2v) is 23.0. The Kier molecular flexibility index (Phi) is 34.7. The van der Waals surface area contributed by atoms with Crippen LogP contribution in [-0.2, 0) is 53.1 Å². The van der Waals surface area contributed by atoms with Gasteiger partial charge >= 0.3 is 47.3 Å². The van der Waals surface area contributed by atoms with Gasteiger partial charge in [0, 0.05) is 133 Å². The lowest BCUT2D eigenvalue weighted by Gasteiger charge is -2.28. The van der Waals surface area contributed by atoms with E-state index >= 15 is 0 Å². The Bertz CT molecular complexity index is 799. The van der Waals surface area contributed by atoms with E-state index in [2.05, 4.69) is 21.3 Å². The lowest BCUT2D eigenvalue weighted by Crippen LogP contribution is -2.47. The SMILES string of the molecule is CCO[Si](CCCNC(=O)NCCC[Si](OCC)(OCC)OCC)(OCC)OCC.CO[Si](CCCNC(=O)NCCC[Si](OC)(OC)OC)(OC)OC. The summed E-state index contributed by atoms with van der Waals surface area (Å²) in [4.78, 5) is 23.8. The number of hydrogen-bond acceptors (Lipinski definition) is 14. The minimum absolute atomic E-state index is 0.192. The highest BCUT2D eigenvalue weighted by atomic mass is 28.4. The van der Waals surface area contributed by atoms with E-state index in [0.717, 1.165) is 12.8 Å². The molecule has 0 aliphatic carbocycles. The third-order valence-electron chi connectivity index (χ3n) is 7.83. The van der Waals surface area contributed by atoms with Crippen LogP contribution in [0.1, 0.15) is 67.2 Å². The third-order valence-corrected chi connectivity index (χ3v) is 19.8. The van der Waals surface area contributed by atoms with E-state index in [1.807, 2.05) is 41.5 Å². The molecule has 18 nitrogen and oxygen atoms in total. The van der Waals surface area contributed by atoms with Crippen LogP contribution in [0, 0.1) is 0 Å². The molecule has 0 aliphatic rings. The van der Waals surface area contributed by atoms with Crippen LogP contribution >= 0.6 is 0 Å². The van der Waals surface area contributed by atoms with Crippen LogP contribution in [0.3, 0.4) is 0 Å². The average molecular weight is 853 g/mol. The van der Waals surface area contributed by atoms with Gasteiger partial charge in [-0.1, -0.05) is 0 Å². The van der Waals surface area contributed by atoms with Gasteiger partial charge in [0.15, 0.2) is 0 Å². The summed E-state index contributed by atoms with van der Waals surface area (Å²) in [5.41, 5.74) is 0. The van der Waals surface area contributed by atoms with Gasteiger partial charge < -0.3 is 74.4 Å². The summed E-state index contributed by atoms with van der Waals surface area (Å²) < 4.78 is 66.9. The lowest BCUT2D eigenvalue weighted by atomic mass is 10.4. The van der Waals surface area contributed by atoms with Crippen molar-refractivity contribution in [3.8, 4) is 0 Å². The molecule has 4 N–H and O–H groups in total. The predicted octanol–water partition coefficient (Wildman–Crippen LogP) is 3.98. The quantitative estimate of drug-likeness (QED) is 0.0537. The summed E-state index contributed by atoms with van der Waals surface area (Å²) in [6, 6.07) is 2.22. The highest BCUT2D eigenvalue weighted by molar-refractivity contribution is 6.61. The molecule has 0 aromatic rings. The zero-order valence-corrected chi connectivity index (χ0v) is 39.4. The minimum atomic E-state index is -2.65. The summed E-state index contributed by atoms with van der Waals surface area (Å²) in [5, 5.41) is 11.3. The highest BCUT2D eigenvalue weighted by Crippen LogP contribution is 2.19. The van der Waals surface area contributed by atoms with Crippen LogP contribution in [0.25, 0.3) is 0 Å². The van der Waals surface area contributed by atoms with Gasteiger partial charge in [0.25, 0.3) is 0 Å². The van der Waals surface area contributed by atoms with Crippen molar-refractivity contribution in [3.63, 3.8) is 0 Å². The number of nitrogens with one attached hydrogen (secondary N) is 4. The van der Waals surface area contributed by atoms with Crippen LogP contribution in [0.15, 0.2) is 0 Å². The first kappa shape index (κ1) is 55.0. The molecule has 0 aromatic carbocycles. The molecular formula is C32H76N4O14Si4. The molecule has 54 heavy (non-hydrogen) atoms. The molecule has 0 unspecified atom stereocenters. The molecule has 0 aromatic heterocycles. The fourth-order valence-corrected chi connectivity index (χ4v) is 13.9. The largest absolute Gasteiger partial charge is 0.500 e. The maximum atomic E-state index is 12.1. The Hall–Kier alpha value is -1.07. The Labute approximate surface area is 330 Å². The lowest BCUT2D eigenvalue weighted by molar-refractivity contribution is 0.0701. The Morgan fingerprint density at radius 2 is 0.537 bits per heavy atom. The summed E-state index contributed by atoms with van der Waals surface area (Å²) in [6.45, 7) is 17.0. The van der Waals surface area contributed by atoms with Crippen molar-refractivity contribution in [1.29, 1.82) is 0 Å². The molecule has 0 radical (unpaired) electrons. The fourth-order valence-electron chi connectivity index (χ4n) is 5.27. The molecule has 0 saturated heterocycles. The Balaban J connectivity index is 0. The molecule has 0 fully saturated rings. The topological polar surface area (TPSA) is 193 Å². The number of carbonyl (C=O) groups is 2. The van der Waals surface area contributed by atoms with Gasteiger partial charge in [-0.2, -0.15) is 0 Å². The Morgan fingerprint density at radius 1 is 0.352 bits per heavy atom. The van der Waals surface area contributed by atoms with E-state index in [0.29, 0.717) is 103 Å². The first-order valence-electron chi connectivity index (χ1n) is 19.1. The van der Waals surface area contributed by atoms with Crippen molar-refractivity contribution in [1.82, 2.24) is 21.3 Å². The van der Waals surface area contributed by atoms with Crippen LogP contribution in [0.5, 0.6) is 0 Å². The van der Waals surface area contributed by atoms with E-state index in [-0.39, 0.29) is 12.1 Å². The molecule has 0 rings (SSSR count). The van der Waals surface area contributed by atoms with Gasteiger partial charge in [-0.05, 0) is 67.2 Å². The first-order valence-corrected chi connectivity index (χ1v) is 26.8. The maximum Gasteiger partial charge on any atom is 0.500 e. The van der Waals surface area contributed by atoms with Crippen molar-refractivity contribution in [2.75, 3.05) is 108 Å². The smallest absolute Gasteiger partial charge is 0.377 e. The molecule has 0 spiro atoms. The summed E-state index contributed by atoms with van der Waals surface area (Å²) in [6.07, 6.45) is 2.88. The van der Waals surface area contributed by atoms with Crippen LogP contribution in [0.4, 0.5) is 9.59 Å². The van der Waals surface area contributed by atoms with Crippen molar-refractivity contribution in [3.05, 3.63) is 0 Å². The van der Waals surface area contributed by atoms with Gasteiger partial charge in [-0.3, -0.25) is 0 Å². The van der Waals surface area contributed by atoms with Crippen molar-refractivity contribution in [2.24, 2.45) is 0 Å². The normalized spacial score (nSPS) is 12.2. The molecule has 4 amide bonds. The zero-order valence-electron chi connectivity index (χ0n) is 35.4. The minimum Gasteiger partial charge on any atom is -0.377 e. The molecule has 0 bridgehead atoms. The molecule has 0 saturated carbocycles. The van der Waals surface area contributed by atoms with Crippen LogP contribution in [0.2, 0.25) is 24.2 Å². The van der Waals surface area contributed by atoms with Crippen molar-refractivity contribution in [2.45, 2.75) is 91.4 Å². The number of carbonyl (C=O) groups excluding carboxylic acids is 2. The van der Waals surface area contributed by atoms with Gasteiger partial charge in [-0.25, -0.2) is 9.59 Å². The number of rotatable bonds is 34. The molecular weight excluding hydrogens is 777 g/mol. The second-order valence-electron chi connectivity index (χ2n) is 11.3. The van der Waals surface area contributed by atoms with Gasteiger partial charge in [0.2, 0.25) is 0 Å². The zero-order chi connectivity index (χ0) is 41.2. The van der Waals surface area contributed by atoms with Crippen molar-refractivity contribution < 1.29 is 62.7 Å². The summed E-state index contributed by atoms with van der Waals surface area (Å²) in [7, 11) is -0.998. The monoisotopic (exact) mass is 852 g/mol. The standard InChI is InChI=1S/C19H44N2O7Si2.C13H32N2O7Si2/c1-7-23-29(24-8-2,25-9-3)17-13-15-20-19(22)21-16-14-18-30(26-10-4,27-11-5)28-12-6;1-17-23(18-2,19-3)11-7-9-14-13(16)15-10-8-12-24(20-4,21-5)22-6/h7-18H2,1-6H3,(H2,20,21,22);7-12H2,1-6H3,(H2,14,15,16). The fraction of sp³-hybridized carbons (Fsp3) is 0.938. The van der Waals surface area contributed by atoms with E-state index in [1.54, 1.807) is 42.7 Å². The van der Waals surface area contributed by atoms with E-state index in [9.17, 15) is 9.59 Å². The van der Waals surface area contributed by atoms with Crippen LogP contribution < -0.4 is 21.3 Å². The van der Waals surface area contributed by atoms with E-state index < -0.39 is 35.2 Å². The van der Waals surface area contributed by atoms with E-state index in [1.165, 1.54) is 0 Å². The molecule has 0 aliphatic heterocycles. The van der Waals surface area contributed by atoms with E-state index in [4.69, 9.17) is 53.1 Å². The molecule has 0 atom stereocenters. The van der Waals surface area contributed by atoms with Crippen molar-refractivity contribution >= 4 is 47.3 Å². The van der Waals surface area contributed by atoms with Gasteiger partial charge in [0.1, 0.15) is 0 Å². The second kappa shape index (κ2) is 34.0. The first-order chi connectivity index (χ1) is 25.9. The summed E-state index contributed by atoms with van der Waals surface area (Å²) >= 11 is 0. The maximum absolute atomic E-state index is 12.1. The number of urea groups is 2. The molecule has 324 valence electrons. The number of amides is 4. The average Bonchev–Trinajstić information content (AvgIpc) is 3.17. The van der Waals surface area contributed by atoms with Crippen LogP contribution in [-0.4, -0.2) is 156 Å². The van der Waals surface area contributed by atoms with Gasteiger partial charge in [-0.15, -0.1) is 0 Å². The number of hydrogen-bond donors (Lipinski definition) is 4. The molecule has 22 heteroatoms. The predicted molar refractivity (Wildman–Crippen MR) is 215 cm³/mol. The molecule has 0 heterocycles. The highest BCUT2D eigenvalue weighted by Gasteiger charge is 2.41. The van der Waals surface area contributed by atoms with Gasteiger partial charge in [0.05, 0.1) is 0 Å². The third kappa shape index (κ3) is 23.9. The Morgan fingerprint density at radius 3 is 0.704 bits per heavy atom.